The first-order chi connectivity index (χ1) is 9.35. The minimum Gasteiger partial charge on any atom is -0.465 e. The second-order valence-corrected chi connectivity index (χ2v) is 4.91. The monoisotopic (exact) mass is 297 g/mol. The SMILES string of the molecule is CCNC(COCCC(F)(F)F)(C(=O)OCC)C1CC1. The molecule has 0 aliphatic heterocycles. The molecule has 0 heterocycles. The van der Waals surface area contributed by atoms with Gasteiger partial charge in [-0.15, -0.1) is 0 Å². The number of hydrogen-bond acceptors (Lipinski definition) is 4. The third kappa shape index (κ3) is 4.94. The summed E-state index contributed by atoms with van der Waals surface area (Å²) in [5.41, 5.74) is -1.00. The summed E-state index contributed by atoms with van der Waals surface area (Å²) in [6.45, 7) is 3.78. The highest BCUT2D eigenvalue weighted by Gasteiger charge is 2.52. The van der Waals surface area contributed by atoms with E-state index < -0.39 is 30.7 Å². The number of likely N-dealkylation sites (N-methyl/N-ethyl adjacent to an activating group) is 1. The Balaban J connectivity index is 2.60. The largest absolute Gasteiger partial charge is 0.465 e. The molecular formula is C13H22F3NO3. The summed E-state index contributed by atoms with van der Waals surface area (Å²) in [5, 5.41) is 3.06. The summed E-state index contributed by atoms with van der Waals surface area (Å²) in [5.74, 6) is -0.358. The van der Waals surface area contributed by atoms with Gasteiger partial charge in [-0.3, -0.25) is 5.32 Å². The molecule has 1 unspecified atom stereocenters. The van der Waals surface area contributed by atoms with E-state index in [0.29, 0.717) is 6.54 Å². The Bertz CT molecular complexity index is 318. The van der Waals surface area contributed by atoms with Gasteiger partial charge in [-0.05, 0) is 32.2 Å². The minimum absolute atomic E-state index is 0.0763. The van der Waals surface area contributed by atoms with Crippen LogP contribution in [0.25, 0.3) is 0 Å². The van der Waals surface area contributed by atoms with Gasteiger partial charge < -0.3 is 9.47 Å². The van der Waals surface area contributed by atoms with Crippen molar-refractivity contribution >= 4 is 5.97 Å². The van der Waals surface area contributed by atoms with Gasteiger partial charge in [0.2, 0.25) is 0 Å². The Morgan fingerprint density at radius 1 is 1.30 bits per heavy atom. The number of esters is 1. The van der Waals surface area contributed by atoms with Gasteiger partial charge in [0.1, 0.15) is 5.54 Å². The zero-order chi connectivity index (χ0) is 15.2. The van der Waals surface area contributed by atoms with Crippen LogP contribution in [0.15, 0.2) is 0 Å². The molecule has 0 aromatic carbocycles. The van der Waals surface area contributed by atoms with Crippen molar-refractivity contribution in [2.75, 3.05) is 26.4 Å². The highest BCUT2D eigenvalue weighted by molar-refractivity contribution is 5.82. The van der Waals surface area contributed by atoms with Gasteiger partial charge in [-0.1, -0.05) is 6.92 Å². The van der Waals surface area contributed by atoms with Gasteiger partial charge >= 0.3 is 12.1 Å². The van der Waals surface area contributed by atoms with Crippen LogP contribution in [0.1, 0.15) is 33.1 Å². The van der Waals surface area contributed by atoms with Crippen LogP contribution in [-0.4, -0.2) is 44.0 Å². The Morgan fingerprint density at radius 2 is 1.95 bits per heavy atom. The number of halogens is 3. The third-order valence-electron chi connectivity index (χ3n) is 3.27. The first-order valence-corrected chi connectivity index (χ1v) is 6.92. The molecule has 118 valence electrons. The number of nitrogens with one attached hydrogen (secondary N) is 1. The maximum absolute atomic E-state index is 12.1. The van der Waals surface area contributed by atoms with Crippen LogP contribution in [0, 0.1) is 5.92 Å². The molecule has 20 heavy (non-hydrogen) atoms. The first kappa shape index (κ1) is 17.2. The maximum Gasteiger partial charge on any atom is 0.391 e. The molecule has 1 fully saturated rings. The standard InChI is InChI=1S/C13H22F3NO3/c1-3-17-12(10-5-6-10,11(18)20-4-2)9-19-8-7-13(14,15)16/h10,17H,3-9H2,1-2H3. The predicted octanol–water partition coefficient (Wildman–Crippen LogP) is 2.28. The fourth-order valence-electron chi connectivity index (χ4n) is 2.18. The van der Waals surface area contributed by atoms with E-state index >= 15 is 0 Å². The fourth-order valence-corrected chi connectivity index (χ4v) is 2.18. The molecule has 0 bridgehead atoms. The number of rotatable bonds is 9. The Kier molecular flexibility index (Phi) is 6.26. The molecule has 0 saturated heterocycles. The third-order valence-corrected chi connectivity index (χ3v) is 3.27. The Hall–Kier alpha value is -0.820. The summed E-state index contributed by atoms with van der Waals surface area (Å²) < 4.78 is 46.4. The molecule has 1 aliphatic carbocycles. The van der Waals surface area contributed by atoms with E-state index in [1.807, 2.05) is 6.92 Å². The van der Waals surface area contributed by atoms with E-state index in [2.05, 4.69) is 5.32 Å². The van der Waals surface area contributed by atoms with Crippen LogP contribution in [0.3, 0.4) is 0 Å². The van der Waals surface area contributed by atoms with Crippen LogP contribution in [0.5, 0.6) is 0 Å². The van der Waals surface area contributed by atoms with Gasteiger partial charge in [0.15, 0.2) is 0 Å². The van der Waals surface area contributed by atoms with Crippen LogP contribution in [0.4, 0.5) is 13.2 Å². The Labute approximate surface area is 117 Å². The molecule has 7 heteroatoms. The molecular weight excluding hydrogens is 275 g/mol. The number of ether oxygens (including phenoxy) is 2. The lowest BCUT2D eigenvalue weighted by Gasteiger charge is -2.32. The van der Waals surface area contributed by atoms with Crippen molar-refractivity contribution in [2.24, 2.45) is 5.92 Å². The van der Waals surface area contributed by atoms with E-state index in [4.69, 9.17) is 9.47 Å². The zero-order valence-corrected chi connectivity index (χ0v) is 11.9. The number of alkyl halides is 3. The topological polar surface area (TPSA) is 47.6 Å². The first-order valence-electron chi connectivity index (χ1n) is 6.92. The minimum atomic E-state index is -4.25. The molecule has 1 N–H and O–H groups in total. The van der Waals surface area contributed by atoms with Crippen molar-refractivity contribution < 1.29 is 27.4 Å². The van der Waals surface area contributed by atoms with Crippen molar-refractivity contribution in [3.63, 3.8) is 0 Å². The molecule has 1 rings (SSSR count). The molecule has 0 aromatic heterocycles. The van der Waals surface area contributed by atoms with E-state index in [-0.39, 0.29) is 19.1 Å². The quantitative estimate of drug-likeness (QED) is 0.524. The van der Waals surface area contributed by atoms with E-state index in [9.17, 15) is 18.0 Å². The second-order valence-electron chi connectivity index (χ2n) is 4.91. The van der Waals surface area contributed by atoms with Crippen molar-refractivity contribution in [3.8, 4) is 0 Å². The average Bonchev–Trinajstić information content (AvgIpc) is 3.16. The Morgan fingerprint density at radius 3 is 2.40 bits per heavy atom. The zero-order valence-electron chi connectivity index (χ0n) is 11.9. The van der Waals surface area contributed by atoms with Gasteiger partial charge in [0, 0.05) is 0 Å². The van der Waals surface area contributed by atoms with Gasteiger partial charge in [-0.25, -0.2) is 4.79 Å². The molecule has 1 saturated carbocycles. The summed E-state index contributed by atoms with van der Waals surface area (Å²) in [6, 6.07) is 0. The van der Waals surface area contributed by atoms with E-state index in [1.54, 1.807) is 6.92 Å². The van der Waals surface area contributed by atoms with E-state index in [0.717, 1.165) is 12.8 Å². The lowest BCUT2D eigenvalue weighted by Crippen LogP contribution is -2.58. The smallest absolute Gasteiger partial charge is 0.391 e. The van der Waals surface area contributed by atoms with Gasteiger partial charge in [0.25, 0.3) is 0 Å². The van der Waals surface area contributed by atoms with Gasteiger partial charge in [-0.2, -0.15) is 13.2 Å². The normalized spacial score (nSPS) is 18.6. The van der Waals surface area contributed by atoms with Crippen molar-refractivity contribution in [2.45, 2.75) is 44.8 Å². The highest BCUT2D eigenvalue weighted by Crippen LogP contribution is 2.41. The average molecular weight is 297 g/mol. The van der Waals surface area contributed by atoms with Crippen LogP contribution in [-0.2, 0) is 14.3 Å². The maximum atomic E-state index is 12.1. The van der Waals surface area contributed by atoms with Crippen molar-refractivity contribution in [1.29, 1.82) is 0 Å². The van der Waals surface area contributed by atoms with Crippen molar-refractivity contribution in [1.82, 2.24) is 5.32 Å². The summed E-state index contributed by atoms with van der Waals surface area (Å²) >= 11 is 0. The molecule has 0 radical (unpaired) electrons. The molecule has 1 atom stereocenters. The van der Waals surface area contributed by atoms with Crippen LogP contribution < -0.4 is 5.32 Å². The van der Waals surface area contributed by atoms with Gasteiger partial charge in [0.05, 0.1) is 26.2 Å². The predicted molar refractivity (Wildman–Crippen MR) is 67.3 cm³/mol. The molecule has 0 aromatic rings. The summed E-state index contributed by atoms with van der Waals surface area (Å²) in [4.78, 5) is 12.1. The lowest BCUT2D eigenvalue weighted by molar-refractivity contribution is -0.159. The van der Waals surface area contributed by atoms with Crippen molar-refractivity contribution in [3.05, 3.63) is 0 Å². The molecule has 1 aliphatic rings. The summed E-state index contributed by atoms with van der Waals surface area (Å²) in [7, 11) is 0. The molecule has 0 amide bonds. The lowest BCUT2D eigenvalue weighted by atomic mass is 9.94. The van der Waals surface area contributed by atoms with E-state index in [1.165, 1.54) is 0 Å². The molecule has 0 spiro atoms. The molecule has 4 nitrogen and oxygen atoms in total. The second kappa shape index (κ2) is 7.26. The fraction of sp³-hybridized carbons (Fsp3) is 0.923. The van der Waals surface area contributed by atoms with Crippen LogP contribution >= 0.6 is 0 Å². The number of carbonyl (C=O) groups is 1. The highest BCUT2D eigenvalue weighted by atomic mass is 19.4. The van der Waals surface area contributed by atoms with Crippen LogP contribution in [0.2, 0.25) is 0 Å². The number of carbonyl (C=O) groups excluding carboxylic acids is 1. The summed E-state index contributed by atoms with van der Waals surface area (Å²) in [6.07, 6.45) is -3.55. The number of hydrogen-bond donors (Lipinski definition) is 1.